The standard InChI is InChI=1S/C25H38FN3O4/c1-6-8-18(29-21(31)15-32-5)20(30)14-27-19-12-25(9-7-10-25)33-23-17(19)11-16(13-28-23)22(26)24(2,3)4/h6,11,13,18-20,22,27,30H,1,7-10,12,14-15H2,2-5H3,(H,29,31)/t18-,19-,20+,22-/m0/s1. The van der Waals surface area contributed by atoms with Crippen LogP contribution in [0.1, 0.15) is 76.2 Å². The van der Waals surface area contributed by atoms with Crippen LogP contribution in [0.5, 0.6) is 5.88 Å². The van der Waals surface area contributed by atoms with Crippen molar-refractivity contribution in [3.05, 3.63) is 36.0 Å². The van der Waals surface area contributed by atoms with Crippen molar-refractivity contribution in [1.82, 2.24) is 15.6 Å². The monoisotopic (exact) mass is 463 g/mol. The summed E-state index contributed by atoms with van der Waals surface area (Å²) in [6.07, 6.45) is 5.40. The molecular formula is C25H38FN3O4. The number of fused-ring (bicyclic) bond motifs is 1. The molecule has 0 bridgehead atoms. The molecule has 2 aliphatic rings. The number of rotatable bonds is 10. The number of aliphatic hydroxyl groups is 1. The van der Waals surface area contributed by atoms with E-state index >= 15 is 4.39 Å². The van der Waals surface area contributed by atoms with E-state index in [1.807, 2.05) is 26.8 Å². The number of carbonyl (C=O) groups excluding carboxylic acids is 1. The van der Waals surface area contributed by atoms with E-state index in [2.05, 4.69) is 22.2 Å². The van der Waals surface area contributed by atoms with E-state index in [0.717, 1.165) is 31.2 Å². The predicted octanol–water partition coefficient (Wildman–Crippen LogP) is 3.54. The average molecular weight is 464 g/mol. The minimum Gasteiger partial charge on any atom is -0.471 e. The van der Waals surface area contributed by atoms with Crippen molar-refractivity contribution in [3.8, 4) is 5.88 Å². The molecule has 8 heteroatoms. The SMILES string of the molecule is C=CC[C@H](NC(=O)COC)[C@H](O)CN[C@H]1CC2(CCC2)Oc2ncc([C@H](F)C(C)(C)C)cc21. The molecule has 4 atom stereocenters. The van der Waals surface area contributed by atoms with E-state index in [9.17, 15) is 9.90 Å². The van der Waals surface area contributed by atoms with Gasteiger partial charge in [0, 0.05) is 43.4 Å². The molecule has 3 rings (SSSR count). The number of pyridine rings is 1. The zero-order chi connectivity index (χ0) is 24.2. The van der Waals surface area contributed by atoms with Crippen LogP contribution < -0.4 is 15.4 Å². The molecule has 1 saturated carbocycles. The average Bonchev–Trinajstić information content (AvgIpc) is 2.74. The van der Waals surface area contributed by atoms with E-state index in [-0.39, 0.29) is 30.7 Å². The summed E-state index contributed by atoms with van der Waals surface area (Å²) in [6, 6.07) is 1.22. The molecule has 1 aromatic heterocycles. The third-order valence-corrected chi connectivity index (χ3v) is 6.56. The van der Waals surface area contributed by atoms with E-state index < -0.39 is 23.7 Å². The number of methoxy groups -OCH3 is 1. The van der Waals surface area contributed by atoms with Gasteiger partial charge < -0.3 is 25.2 Å². The molecule has 1 aliphatic carbocycles. The lowest BCUT2D eigenvalue weighted by atomic mass is 9.73. The molecule has 0 aromatic carbocycles. The summed E-state index contributed by atoms with van der Waals surface area (Å²) in [5, 5.41) is 17.0. The summed E-state index contributed by atoms with van der Waals surface area (Å²) in [5.74, 6) is 0.243. The van der Waals surface area contributed by atoms with Crippen LogP contribution in [0.25, 0.3) is 0 Å². The van der Waals surface area contributed by atoms with Gasteiger partial charge in [-0.15, -0.1) is 6.58 Å². The Kier molecular flexibility index (Phi) is 8.13. The number of halogens is 1. The Labute approximate surface area is 196 Å². The van der Waals surface area contributed by atoms with Crippen molar-refractivity contribution in [3.63, 3.8) is 0 Å². The van der Waals surface area contributed by atoms with Gasteiger partial charge >= 0.3 is 0 Å². The lowest BCUT2D eigenvalue weighted by Gasteiger charge is -2.47. The zero-order valence-corrected chi connectivity index (χ0v) is 20.2. The van der Waals surface area contributed by atoms with Gasteiger partial charge in [0.1, 0.15) is 18.4 Å². The highest BCUT2D eigenvalue weighted by molar-refractivity contribution is 5.77. The minimum absolute atomic E-state index is 0.0731. The molecule has 0 unspecified atom stereocenters. The first-order valence-corrected chi connectivity index (χ1v) is 11.7. The maximum atomic E-state index is 15.1. The number of ether oxygens (including phenoxy) is 2. The van der Waals surface area contributed by atoms with Crippen molar-refractivity contribution >= 4 is 5.91 Å². The van der Waals surface area contributed by atoms with Gasteiger partial charge in [-0.05, 0) is 37.2 Å². The van der Waals surface area contributed by atoms with Crippen LogP contribution in [0.4, 0.5) is 4.39 Å². The van der Waals surface area contributed by atoms with Crippen LogP contribution in [-0.4, -0.2) is 54.0 Å². The topological polar surface area (TPSA) is 92.7 Å². The number of nitrogens with one attached hydrogen (secondary N) is 2. The number of carbonyl (C=O) groups is 1. The molecule has 1 fully saturated rings. The Bertz CT molecular complexity index is 837. The molecule has 1 aromatic rings. The van der Waals surface area contributed by atoms with Crippen LogP contribution in [0.15, 0.2) is 24.9 Å². The predicted molar refractivity (Wildman–Crippen MR) is 125 cm³/mol. The fourth-order valence-electron chi connectivity index (χ4n) is 4.52. The molecule has 7 nitrogen and oxygen atoms in total. The molecule has 0 saturated heterocycles. The lowest BCUT2D eigenvalue weighted by Crippen LogP contribution is -2.52. The Hall–Kier alpha value is -2.03. The molecular weight excluding hydrogens is 425 g/mol. The number of hydrogen-bond acceptors (Lipinski definition) is 6. The van der Waals surface area contributed by atoms with Crippen LogP contribution in [0.2, 0.25) is 0 Å². The van der Waals surface area contributed by atoms with E-state index in [1.54, 1.807) is 12.3 Å². The van der Waals surface area contributed by atoms with E-state index in [4.69, 9.17) is 9.47 Å². The Morgan fingerprint density at radius 1 is 1.48 bits per heavy atom. The van der Waals surface area contributed by atoms with Gasteiger partial charge in [-0.1, -0.05) is 26.8 Å². The maximum absolute atomic E-state index is 15.1. The first-order chi connectivity index (χ1) is 15.6. The lowest BCUT2D eigenvalue weighted by molar-refractivity contribution is -0.126. The number of aliphatic hydroxyl groups excluding tert-OH is 1. The summed E-state index contributed by atoms with van der Waals surface area (Å²) in [4.78, 5) is 16.4. The Morgan fingerprint density at radius 3 is 2.79 bits per heavy atom. The first kappa shape index (κ1) is 25.6. The van der Waals surface area contributed by atoms with Crippen molar-refractivity contribution in [1.29, 1.82) is 0 Å². The van der Waals surface area contributed by atoms with Crippen molar-refractivity contribution in [2.75, 3.05) is 20.3 Å². The fraction of sp³-hybridized carbons (Fsp3) is 0.680. The van der Waals surface area contributed by atoms with E-state index in [0.29, 0.717) is 17.9 Å². The summed E-state index contributed by atoms with van der Waals surface area (Å²) >= 11 is 0. The van der Waals surface area contributed by atoms with Gasteiger partial charge in [-0.2, -0.15) is 0 Å². The molecule has 33 heavy (non-hydrogen) atoms. The van der Waals surface area contributed by atoms with Crippen molar-refractivity contribution < 1.29 is 23.8 Å². The number of hydrogen-bond donors (Lipinski definition) is 3. The van der Waals surface area contributed by atoms with Gasteiger partial charge in [0.2, 0.25) is 11.8 Å². The summed E-state index contributed by atoms with van der Waals surface area (Å²) in [7, 11) is 1.45. The van der Waals surface area contributed by atoms with Crippen molar-refractivity contribution in [2.24, 2.45) is 5.41 Å². The second kappa shape index (κ2) is 10.5. The Morgan fingerprint density at radius 2 is 2.21 bits per heavy atom. The van der Waals surface area contributed by atoms with Crippen LogP contribution in [0.3, 0.4) is 0 Å². The van der Waals surface area contributed by atoms with E-state index in [1.165, 1.54) is 7.11 Å². The molecule has 1 spiro atoms. The van der Waals surface area contributed by atoms with Crippen molar-refractivity contribution in [2.45, 2.75) is 82.8 Å². The third-order valence-electron chi connectivity index (χ3n) is 6.56. The molecule has 1 aliphatic heterocycles. The second-order valence-corrected chi connectivity index (χ2v) is 10.4. The highest BCUT2D eigenvalue weighted by Crippen LogP contribution is 2.49. The maximum Gasteiger partial charge on any atom is 0.246 e. The normalized spacial score (nSPS) is 21.8. The number of amides is 1. The number of aromatic nitrogens is 1. The number of nitrogens with zero attached hydrogens (tertiary/aromatic N) is 1. The molecule has 3 N–H and O–H groups in total. The summed E-state index contributed by atoms with van der Waals surface area (Å²) in [6.45, 7) is 9.48. The highest BCUT2D eigenvalue weighted by Gasteiger charge is 2.46. The highest BCUT2D eigenvalue weighted by atomic mass is 19.1. The van der Waals surface area contributed by atoms with Crippen LogP contribution in [0, 0.1) is 5.41 Å². The molecule has 1 amide bonds. The summed E-state index contributed by atoms with van der Waals surface area (Å²) < 4.78 is 26.2. The van der Waals surface area contributed by atoms with Gasteiger partial charge in [0.05, 0.1) is 12.1 Å². The third kappa shape index (κ3) is 6.11. The molecule has 184 valence electrons. The van der Waals surface area contributed by atoms with Gasteiger partial charge in [0.25, 0.3) is 0 Å². The second-order valence-electron chi connectivity index (χ2n) is 10.4. The molecule has 2 heterocycles. The zero-order valence-electron chi connectivity index (χ0n) is 20.2. The fourth-order valence-corrected chi connectivity index (χ4v) is 4.52. The smallest absolute Gasteiger partial charge is 0.246 e. The first-order valence-electron chi connectivity index (χ1n) is 11.7. The quantitative estimate of drug-likeness (QED) is 0.460. The Balaban J connectivity index is 1.77. The summed E-state index contributed by atoms with van der Waals surface area (Å²) in [5.41, 5.74) is 0.542. The minimum atomic E-state index is -1.16. The largest absolute Gasteiger partial charge is 0.471 e. The van der Waals surface area contributed by atoms with Gasteiger partial charge in [0.15, 0.2) is 0 Å². The van der Waals surface area contributed by atoms with Crippen LogP contribution in [-0.2, 0) is 9.53 Å². The van der Waals surface area contributed by atoms with Gasteiger partial charge in [-0.25, -0.2) is 9.37 Å². The number of alkyl halides is 1. The molecule has 0 radical (unpaired) electrons. The van der Waals surface area contributed by atoms with Gasteiger partial charge in [-0.3, -0.25) is 4.79 Å². The van der Waals surface area contributed by atoms with Crippen LogP contribution >= 0.6 is 0 Å².